The molecular formula is C58H68I2O2. The van der Waals surface area contributed by atoms with E-state index in [1.54, 1.807) is 0 Å². The standard InChI is InChI=1S/C58H68I2O2/c1-3-5-7-9-11-13-15-17-19-25-39-61-45-35-31-43(32-36-45)55-53-41-52-48-28-22-24-30-50(48)58(60)56(54(52)42-51(53)47-27-21-23-29-49(47)57(55)59)44-33-37-46(38-34-44)62-40-26-20-18-16-14-12-10-8-6-4-2/h21-24,27-38,41-42H,3-20,25-26,39-40H2,1-2H3. The molecule has 2 nitrogen and oxygen atoms in total. The zero-order valence-corrected chi connectivity index (χ0v) is 41.8. The summed E-state index contributed by atoms with van der Waals surface area (Å²) in [7, 11) is 0. The summed E-state index contributed by atoms with van der Waals surface area (Å²) in [6.07, 6.45) is 26.6. The van der Waals surface area contributed by atoms with Crippen LogP contribution in [-0.2, 0) is 0 Å². The van der Waals surface area contributed by atoms with Crippen molar-refractivity contribution in [2.24, 2.45) is 0 Å². The molecule has 0 radical (unpaired) electrons. The van der Waals surface area contributed by atoms with Gasteiger partial charge in [-0.1, -0.05) is 202 Å². The summed E-state index contributed by atoms with van der Waals surface area (Å²) in [4.78, 5) is 0. The minimum atomic E-state index is 0.779. The van der Waals surface area contributed by atoms with Gasteiger partial charge in [0, 0.05) is 18.3 Å². The van der Waals surface area contributed by atoms with Gasteiger partial charge in [0.1, 0.15) is 11.5 Å². The van der Waals surface area contributed by atoms with E-state index >= 15 is 0 Å². The van der Waals surface area contributed by atoms with Crippen LogP contribution in [0.25, 0.3) is 65.3 Å². The second-order valence-corrected chi connectivity index (χ2v) is 19.7. The molecule has 326 valence electrons. The Hall–Kier alpha value is -3.36. The molecule has 0 heterocycles. The highest BCUT2D eigenvalue weighted by atomic mass is 127. The zero-order valence-electron chi connectivity index (χ0n) is 37.5. The van der Waals surface area contributed by atoms with Gasteiger partial charge in [-0.25, -0.2) is 0 Å². The third-order valence-corrected chi connectivity index (χ3v) is 15.1. The predicted molar refractivity (Wildman–Crippen MR) is 287 cm³/mol. The van der Waals surface area contributed by atoms with Gasteiger partial charge in [0.25, 0.3) is 0 Å². The third kappa shape index (κ3) is 12.0. The lowest BCUT2D eigenvalue weighted by Crippen LogP contribution is -1.98. The van der Waals surface area contributed by atoms with E-state index in [0.717, 1.165) is 37.6 Å². The van der Waals surface area contributed by atoms with Crippen LogP contribution in [0.15, 0.2) is 109 Å². The van der Waals surface area contributed by atoms with Crippen molar-refractivity contribution in [3.63, 3.8) is 0 Å². The van der Waals surface area contributed by atoms with Gasteiger partial charge < -0.3 is 9.47 Å². The first-order valence-corrected chi connectivity index (χ1v) is 26.4. The molecule has 0 aliphatic carbocycles. The summed E-state index contributed by atoms with van der Waals surface area (Å²) in [6, 6.07) is 40.6. The number of unbranched alkanes of at least 4 members (excludes halogenated alkanes) is 18. The molecule has 62 heavy (non-hydrogen) atoms. The highest BCUT2D eigenvalue weighted by Crippen LogP contribution is 2.46. The molecule has 7 aromatic carbocycles. The Kier molecular flexibility index (Phi) is 18.5. The third-order valence-electron chi connectivity index (χ3n) is 12.9. The average Bonchev–Trinajstić information content (AvgIpc) is 3.31. The van der Waals surface area contributed by atoms with Crippen molar-refractivity contribution in [3.8, 4) is 33.8 Å². The molecule has 7 aromatic rings. The minimum absolute atomic E-state index is 0.779. The van der Waals surface area contributed by atoms with Crippen LogP contribution in [0.5, 0.6) is 11.5 Å². The number of ether oxygens (including phenoxy) is 2. The quantitative estimate of drug-likeness (QED) is 0.0233. The first-order chi connectivity index (χ1) is 30.6. The van der Waals surface area contributed by atoms with Crippen LogP contribution in [0.1, 0.15) is 142 Å². The highest BCUT2D eigenvalue weighted by molar-refractivity contribution is 14.1. The molecule has 4 heteroatoms. The van der Waals surface area contributed by atoms with Crippen molar-refractivity contribution in [3.05, 3.63) is 116 Å². The van der Waals surface area contributed by atoms with Crippen molar-refractivity contribution in [2.45, 2.75) is 142 Å². The molecule has 0 aliphatic rings. The van der Waals surface area contributed by atoms with Crippen LogP contribution in [0.4, 0.5) is 0 Å². The molecule has 0 N–H and O–H groups in total. The molecule has 0 bridgehead atoms. The Morgan fingerprint density at radius 1 is 0.323 bits per heavy atom. The Bertz CT molecular complexity index is 2290. The van der Waals surface area contributed by atoms with Gasteiger partial charge in [-0.2, -0.15) is 0 Å². The Balaban J connectivity index is 1.11. The van der Waals surface area contributed by atoms with E-state index in [-0.39, 0.29) is 0 Å². The maximum absolute atomic E-state index is 6.28. The van der Waals surface area contributed by atoms with Crippen molar-refractivity contribution < 1.29 is 9.47 Å². The summed E-state index contributed by atoms with van der Waals surface area (Å²) in [5, 5.41) is 10.3. The first kappa shape index (κ1) is 46.6. The van der Waals surface area contributed by atoms with E-state index in [9.17, 15) is 0 Å². The van der Waals surface area contributed by atoms with Crippen molar-refractivity contribution >= 4 is 88.3 Å². The summed E-state index contributed by atoms with van der Waals surface area (Å²) in [6.45, 7) is 6.14. The van der Waals surface area contributed by atoms with Gasteiger partial charge in [-0.15, -0.1) is 0 Å². The van der Waals surface area contributed by atoms with E-state index in [1.807, 2.05) is 0 Å². The molecule has 0 spiro atoms. The molecular weight excluding hydrogens is 982 g/mol. The zero-order chi connectivity index (χ0) is 42.9. The Morgan fingerprint density at radius 2 is 0.629 bits per heavy atom. The summed E-state index contributed by atoms with van der Waals surface area (Å²) in [5.41, 5.74) is 5.02. The monoisotopic (exact) mass is 1050 g/mol. The topological polar surface area (TPSA) is 18.5 Å². The SMILES string of the molecule is CCCCCCCCCCCCOc1ccc(-c2c(I)c3ccccc3c3cc4c(-c5ccc(OCCCCCCCCCCCC)cc5)c(I)c5ccccc5c4cc23)cc1. The molecule has 0 fully saturated rings. The smallest absolute Gasteiger partial charge is 0.119 e. The Morgan fingerprint density at radius 3 is 0.968 bits per heavy atom. The van der Waals surface area contributed by atoms with Crippen molar-refractivity contribution in [2.75, 3.05) is 13.2 Å². The molecule has 0 saturated carbocycles. The van der Waals surface area contributed by atoms with Crippen LogP contribution in [0.3, 0.4) is 0 Å². The van der Waals surface area contributed by atoms with E-state index in [4.69, 9.17) is 9.47 Å². The lowest BCUT2D eigenvalue weighted by Gasteiger charge is -2.19. The van der Waals surface area contributed by atoms with E-state index in [0.29, 0.717) is 0 Å². The summed E-state index contributed by atoms with van der Waals surface area (Å²) in [5.74, 6) is 1.91. The van der Waals surface area contributed by atoms with Crippen LogP contribution in [-0.4, -0.2) is 13.2 Å². The molecule has 0 atom stereocenters. The van der Waals surface area contributed by atoms with Gasteiger partial charge in [0.2, 0.25) is 0 Å². The maximum Gasteiger partial charge on any atom is 0.119 e. The number of hydrogen-bond donors (Lipinski definition) is 0. The first-order valence-electron chi connectivity index (χ1n) is 24.2. The lowest BCUT2D eigenvalue weighted by atomic mass is 9.87. The molecule has 0 saturated heterocycles. The fourth-order valence-corrected chi connectivity index (χ4v) is 11.5. The summed E-state index contributed by atoms with van der Waals surface area (Å²) >= 11 is 5.19. The second-order valence-electron chi connectivity index (χ2n) is 17.5. The van der Waals surface area contributed by atoms with Gasteiger partial charge in [-0.05, 0) is 149 Å². The van der Waals surface area contributed by atoms with Crippen LogP contribution < -0.4 is 9.47 Å². The number of fused-ring (bicyclic) bond motifs is 6. The maximum atomic E-state index is 6.28. The summed E-state index contributed by atoms with van der Waals surface area (Å²) < 4.78 is 15.1. The largest absolute Gasteiger partial charge is 0.494 e. The van der Waals surface area contributed by atoms with E-state index < -0.39 is 0 Å². The minimum Gasteiger partial charge on any atom is -0.494 e. The normalized spacial score (nSPS) is 11.7. The number of halogens is 2. The number of hydrogen-bond acceptors (Lipinski definition) is 2. The van der Waals surface area contributed by atoms with Gasteiger partial charge in [0.05, 0.1) is 13.2 Å². The van der Waals surface area contributed by atoms with Crippen molar-refractivity contribution in [1.29, 1.82) is 0 Å². The molecule has 0 unspecified atom stereocenters. The van der Waals surface area contributed by atoms with Gasteiger partial charge in [0.15, 0.2) is 0 Å². The fourth-order valence-electron chi connectivity index (χ4n) is 9.34. The van der Waals surface area contributed by atoms with Crippen LogP contribution >= 0.6 is 45.2 Å². The molecule has 0 aromatic heterocycles. The van der Waals surface area contributed by atoms with E-state index in [2.05, 4.69) is 168 Å². The number of rotatable bonds is 26. The van der Waals surface area contributed by atoms with Crippen LogP contribution in [0.2, 0.25) is 0 Å². The molecule has 0 amide bonds. The van der Waals surface area contributed by atoms with Crippen LogP contribution in [0, 0.1) is 7.14 Å². The van der Waals surface area contributed by atoms with Gasteiger partial charge in [-0.3, -0.25) is 0 Å². The number of benzene rings is 7. The molecule has 0 aliphatic heterocycles. The van der Waals surface area contributed by atoms with Gasteiger partial charge >= 0.3 is 0 Å². The highest BCUT2D eigenvalue weighted by Gasteiger charge is 2.20. The predicted octanol–water partition coefficient (Wildman–Crippen LogP) is 19.4. The molecule has 7 rings (SSSR count). The van der Waals surface area contributed by atoms with Crippen molar-refractivity contribution in [1.82, 2.24) is 0 Å². The average molecular weight is 1050 g/mol. The lowest BCUT2D eigenvalue weighted by molar-refractivity contribution is 0.304. The fraction of sp³-hybridized carbons (Fsp3) is 0.414. The van der Waals surface area contributed by atoms with E-state index in [1.165, 1.54) is 188 Å². The second kappa shape index (κ2) is 24.6. The Labute approximate surface area is 400 Å².